The van der Waals surface area contributed by atoms with Crippen LogP contribution in [-0.2, 0) is 16.0 Å². The number of hydrogen-bond donors (Lipinski definition) is 1. The maximum Gasteiger partial charge on any atom is 0.410 e. The van der Waals surface area contributed by atoms with E-state index >= 15 is 0 Å². The molecule has 126 valence electrons. The first kappa shape index (κ1) is 17.3. The molecule has 2 rings (SSSR count). The van der Waals surface area contributed by atoms with Crippen LogP contribution < -0.4 is 0 Å². The zero-order valence-electron chi connectivity index (χ0n) is 14.0. The van der Waals surface area contributed by atoms with Crippen molar-refractivity contribution >= 4 is 12.1 Å². The topological polar surface area (TPSA) is 66.8 Å². The Balaban J connectivity index is 2.03. The Labute approximate surface area is 137 Å². The summed E-state index contributed by atoms with van der Waals surface area (Å²) in [5.41, 5.74) is 0.561. The lowest BCUT2D eigenvalue weighted by molar-refractivity contribution is -0.145. The van der Waals surface area contributed by atoms with Crippen molar-refractivity contribution in [3.05, 3.63) is 35.9 Å². The number of ether oxygens (including phenoxy) is 1. The number of piperidine rings is 1. The first-order valence-corrected chi connectivity index (χ1v) is 8.01. The van der Waals surface area contributed by atoms with E-state index in [4.69, 9.17) is 4.74 Å². The number of carbonyl (C=O) groups is 2. The number of hydrogen-bond acceptors (Lipinski definition) is 3. The van der Waals surface area contributed by atoms with Gasteiger partial charge in [-0.25, -0.2) is 4.79 Å². The van der Waals surface area contributed by atoms with Crippen molar-refractivity contribution in [2.75, 3.05) is 13.1 Å². The normalized spacial score (nSPS) is 21.8. The Morgan fingerprint density at radius 3 is 2.48 bits per heavy atom. The third-order valence-corrected chi connectivity index (χ3v) is 4.07. The third-order valence-electron chi connectivity index (χ3n) is 4.07. The van der Waals surface area contributed by atoms with E-state index in [0.29, 0.717) is 13.0 Å². The van der Waals surface area contributed by atoms with Gasteiger partial charge >= 0.3 is 12.1 Å². The largest absolute Gasteiger partial charge is 0.481 e. The van der Waals surface area contributed by atoms with Crippen molar-refractivity contribution in [2.24, 2.45) is 11.8 Å². The number of carboxylic acid groups (broad SMARTS) is 1. The summed E-state index contributed by atoms with van der Waals surface area (Å²) in [6, 6.07) is 9.89. The molecular weight excluding hydrogens is 294 g/mol. The Morgan fingerprint density at radius 2 is 1.91 bits per heavy atom. The molecule has 1 aromatic rings. The fourth-order valence-corrected chi connectivity index (χ4v) is 2.93. The Kier molecular flexibility index (Phi) is 5.29. The molecule has 1 aliphatic heterocycles. The molecule has 0 unspecified atom stereocenters. The smallest absolute Gasteiger partial charge is 0.410 e. The van der Waals surface area contributed by atoms with Crippen molar-refractivity contribution in [3.8, 4) is 0 Å². The van der Waals surface area contributed by atoms with E-state index in [1.807, 2.05) is 51.1 Å². The van der Waals surface area contributed by atoms with E-state index in [2.05, 4.69) is 0 Å². The summed E-state index contributed by atoms with van der Waals surface area (Å²) >= 11 is 0. The van der Waals surface area contributed by atoms with Crippen LogP contribution in [0.3, 0.4) is 0 Å². The SMILES string of the molecule is CC(C)(C)OC(=O)N1CC[C@H](Cc2ccccc2)[C@H](C(=O)O)C1. The summed E-state index contributed by atoms with van der Waals surface area (Å²) in [6.45, 7) is 6.17. The fourth-order valence-electron chi connectivity index (χ4n) is 2.93. The van der Waals surface area contributed by atoms with Crippen LogP contribution in [-0.4, -0.2) is 40.8 Å². The lowest BCUT2D eigenvalue weighted by atomic mass is 9.81. The number of nitrogens with zero attached hydrogens (tertiary/aromatic N) is 1. The van der Waals surface area contributed by atoms with Crippen LogP contribution in [0.15, 0.2) is 30.3 Å². The number of benzene rings is 1. The minimum atomic E-state index is -0.848. The lowest BCUT2D eigenvalue weighted by Crippen LogP contribution is -2.48. The average Bonchev–Trinajstić information content (AvgIpc) is 2.46. The Morgan fingerprint density at radius 1 is 1.26 bits per heavy atom. The molecular formula is C18H25NO4. The van der Waals surface area contributed by atoms with Gasteiger partial charge in [0.25, 0.3) is 0 Å². The van der Waals surface area contributed by atoms with E-state index in [-0.39, 0.29) is 12.5 Å². The molecule has 1 fully saturated rings. The minimum absolute atomic E-state index is 0.0357. The number of likely N-dealkylation sites (tertiary alicyclic amines) is 1. The number of rotatable bonds is 3. The van der Waals surface area contributed by atoms with Crippen molar-refractivity contribution in [1.29, 1.82) is 0 Å². The second-order valence-electron chi connectivity index (χ2n) is 7.11. The predicted molar refractivity (Wildman–Crippen MR) is 87.2 cm³/mol. The predicted octanol–water partition coefficient (Wildman–Crippen LogP) is 3.19. The summed E-state index contributed by atoms with van der Waals surface area (Å²) in [4.78, 5) is 25.3. The molecule has 1 aromatic carbocycles. The molecule has 0 bridgehead atoms. The van der Waals surface area contributed by atoms with Crippen LogP contribution in [0.2, 0.25) is 0 Å². The van der Waals surface area contributed by atoms with Crippen molar-refractivity contribution in [3.63, 3.8) is 0 Å². The second kappa shape index (κ2) is 7.02. The van der Waals surface area contributed by atoms with E-state index in [1.165, 1.54) is 4.90 Å². The Bertz CT molecular complexity index is 550. The highest BCUT2D eigenvalue weighted by molar-refractivity contribution is 5.73. The maximum atomic E-state index is 12.2. The van der Waals surface area contributed by atoms with Gasteiger partial charge in [0.15, 0.2) is 0 Å². The second-order valence-corrected chi connectivity index (χ2v) is 7.11. The van der Waals surface area contributed by atoms with E-state index in [9.17, 15) is 14.7 Å². The number of carbonyl (C=O) groups excluding carboxylic acids is 1. The zero-order chi connectivity index (χ0) is 17.0. The summed E-state index contributed by atoms with van der Waals surface area (Å²) in [6.07, 6.45) is 0.965. The third kappa shape index (κ3) is 4.98. The van der Waals surface area contributed by atoms with Crippen LogP contribution in [0.25, 0.3) is 0 Å². The molecule has 1 N–H and O–H groups in total. The standard InChI is InChI=1S/C18H25NO4/c1-18(2,3)23-17(22)19-10-9-14(15(12-19)16(20)21)11-13-7-5-4-6-8-13/h4-8,14-15H,9-12H2,1-3H3,(H,20,21)/t14-,15-/m1/s1. The molecule has 0 radical (unpaired) electrons. The zero-order valence-corrected chi connectivity index (χ0v) is 14.0. The fraction of sp³-hybridized carbons (Fsp3) is 0.556. The first-order valence-electron chi connectivity index (χ1n) is 8.01. The van der Waals surface area contributed by atoms with Crippen LogP contribution in [0.4, 0.5) is 4.79 Å². The lowest BCUT2D eigenvalue weighted by Gasteiger charge is -2.37. The van der Waals surface area contributed by atoms with Gasteiger partial charge in [0.2, 0.25) is 0 Å². The van der Waals surface area contributed by atoms with Crippen LogP contribution in [0.5, 0.6) is 0 Å². The highest BCUT2D eigenvalue weighted by atomic mass is 16.6. The molecule has 1 heterocycles. The number of aliphatic carboxylic acids is 1. The van der Waals surface area contributed by atoms with Gasteiger partial charge in [0.05, 0.1) is 5.92 Å². The molecule has 2 atom stereocenters. The quantitative estimate of drug-likeness (QED) is 0.929. The van der Waals surface area contributed by atoms with Gasteiger partial charge in [-0.1, -0.05) is 30.3 Å². The highest BCUT2D eigenvalue weighted by Crippen LogP contribution is 2.28. The molecule has 5 nitrogen and oxygen atoms in total. The number of amides is 1. The average molecular weight is 319 g/mol. The monoisotopic (exact) mass is 319 g/mol. The minimum Gasteiger partial charge on any atom is -0.481 e. The molecule has 5 heteroatoms. The van der Waals surface area contributed by atoms with E-state index in [1.54, 1.807) is 0 Å². The molecule has 1 amide bonds. The Hall–Kier alpha value is -2.04. The molecule has 0 aliphatic carbocycles. The summed E-state index contributed by atoms with van der Waals surface area (Å²) in [5, 5.41) is 9.54. The van der Waals surface area contributed by atoms with Crippen LogP contribution in [0, 0.1) is 11.8 Å². The summed E-state index contributed by atoms with van der Waals surface area (Å²) in [5.74, 6) is -1.37. The van der Waals surface area contributed by atoms with Gasteiger partial charge in [-0.15, -0.1) is 0 Å². The highest BCUT2D eigenvalue weighted by Gasteiger charge is 2.37. The molecule has 1 saturated heterocycles. The van der Waals surface area contributed by atoms with Gasteiger partial charge in [-0.2, -0.15) is 0 Å². The molecule has 0 aromatic heterocycles. The van der Waals surface area contributed by atoms with E-state index in [0.717, 1.165) is 12.0 Å². The van der Waals surface area contributed by atoms with Crippen LogP contribution in [0.1, 0.15) is 32.8 Å². The van der Waals surface area contributed by atoms with Crippen LogP contribution >= 0.6 is 0 Å². The molecule has 0 spiro atoms. The van der Waals surface area contributed by atoms with Gasteiger partial charge in [0.1, 0.15) is 5.60 Å². The van der Waals surface area contributed by atoms with Gasteiger partial charge in [-0.05, 0) is 45.1 Å². The van der Waals surface area contributed by atoms with Gasteiger partial charge < -0.3 is 14.7 Å². The maximum absolute atomic E-state index is 12.2. The van der Waals surface area contributed by atoms with E-state index < -0.39 is 23.6 Å². The molecule has 1 aliphatic rings. The van der Waals surface area contributed by atoms with Gasteiger partial charge in [-0.3, -0.25) is 4.79 Å². The first-order chi connectivity index (χ1) is 10.8. The summed E-state index contributed by atoms with van der Waals surface area (Å²) in [7, 11) is 0. The van der Waals surface area contributed by atoms with Crippen molar-refractivity contribution in [2.45, 2.75) is 39.2 Å². The van der Waals surface area contributed by atoms with Gasteiger partial charge in [0, 0.05) is 13.1 Å². The molecule has 23 heavy (non-hydrogen) atoms. The number of carboxylic acids is 1. The molecule has 0 saturated carbocycles. The van der Waals surface area contributed by atoms with Crippen molar-refractivity contribution < 1.29 is 19.4 Å². The van der Waals surface area contributed by atoms with Crippen molar-refractivity contribution in [1.82, 2.24) is 4.90 Å². The summed E-state index contributed by atoms with van der Waals surface area (Å²) < 4.78 is 5.35.